The van der Waals surface area contributed by atoms with Crippen LogP contribution in [0.25, 0.3) is 17.2 Å². The monoisotopic (exact) mass is 418 g/mol. The molecule has 1 N–H and O–H groups in total. The number of allylic oxidation sites excluding steroid dienone is 1. The maximum atomic E-state index is 11.9. The second kappa shape index (κ2) is 11.9. The first-order valence-electron chi connectivity index (χ1n) is 12.3. The van der Waals surface area contributed by atoms with E-state index in [0.29, 0.717) is 11.5 Å². The lowest BCUT2D eigenvalue weighted by molar-refractivity contribution is 0.0697. The van der Waals surface area contributed by atoms with Crippen molar-refractivity contribution in [3.05, 3.63) is 65.2 Å². The Balaban J connectivity index is 1.76. The summed E-state index contributed by atoms with van der Waals surface area (Å²) >= 11 is 0. The van der Waals surface area contributed by atoms with E-state index in [1.165, 1.54) is 68.9 Å². The van der Waals surface area contributed by atoms with Crippen LogP contribution >= 0.6 is 0 Å². The number of unbranched alkanes of at least 4 members (excludes halogenated alkanes) is 3. The molecule has 166 valence electrons. The molecule has 1 aliphatic carbocycles. The highest BCUT2D eigenvalue weighted by atomic mass is 16.4. The van der Waals surface area contributed by atoms with Crippen molar-refractivity contribution in [3.8, 4) is 11.1 Å². The van der Waals surface area contributed by atoms with Gasteiger partial charge in [-0.1, -0.05) is 88.1 Å². The average Bonchev–Trinajstić information content (AvgIpc) is 2.80. The number of rotatable bonds is 10. The highest BCUT2D eigenvalue weighted by Gasteiger charge is 2.23. The van der Waals surface area contributed by atoms with Crippen LogP contribution in [0.2, 0.25) is 0 Å². The van der Waals surface area contributed by atoms with Gasteiger partial charge in [0, 0.05) is 0 Å². The van der Waals surface area contributed by atoms with E-state index in [1.807, 2.05) is 12.1 Å². The zero-order chi connectivity index (χ0) is 22.1. The molecule has 2 nitrogen and oxygen atoms in total. The number of carboxylic acids is 1. The van der Waals surface area contributed by atoms with Gasteiger partial charge in [-0.25, -0.2) is 4.79 Å². The van der Waals surface area contributed by atoms with Crippen LogP contribution in [0.4, 0.5) is 0 Å². The molecule has 2 heteroatoms. The van der Waals surface area contributed by atoms with Crippen molar-refractivity contribution in [2.45, 2.75) is 84.0 Å². The SMILES string of the molecule is CCCCCC=Cc1ccc(-c2cc(C3CCC(CCC)CC3)ccc2C(=O)O)cc1. The minimum absolute atomic E-state index is 0.395. The van der Waals surface area contributed by atoms with Crippen LogP contribution < -0.4 is 0 Å². The first kappa shape index (κ1) is 23.3. The van der Waals surface area contributed by atoms with E-state index in [2.05, 4.69) is 56.3 Å². The Hall–Kier alpha value is -2.35. The Kier molecular flexibility index (Phi) is 8.94. The molecule has 31 heavy (non-hydrogen) atoms. The number of carboxylic acid groups (broad SMARTS) is 1. The summed E-state index contributed by atoms with van der Waals surface area (Å²) in [5.41, 5.74) is 4.70. The van der Waals surface area contributed by atoms with Crippen LogP contribution in [-0.4, -0.2) is 11.1 Å². The molecule has 2 aromatic carbocycles. The summed E-state index contributed by atoms with van der Waals surface area (Å²) in [6, 6.07) is 14.3. The number of carbonyl (C=O) groups is 1. The topological polar surface area (TPSA) is 37.3 Å². The molecule has 1 aliphatic rings. The van der Waals surface area contributed by atoms with Crippen molar-refractivity contribution >= 4 is 12.0 Å². The van der Waals surface area contributed by atoms with Crippen molar-refractivity contribution in [2.75, 3.05) is 0 Å². The predicted molar refractivity (Wildman–Crippen MR) is 132 cm³/mol. The normalized spacial score (nSPS) is 19.0. The van der Waals surface area contributed by atoms with Crippen molar-refractivity contribution in [1.82, 2.24) is 0 Å². The quantitative estimate of drug-likeness (QED) is 0.392. The summed E-state index contributed by atoms with van der Waals surface area (Å²) in [6.07, 6.45) is 16.9. The minimum atomic E-state index is -0.854. The molecule has 0 spiro atoms. The van der Waals surface area contributed by atoms with E-state index in [0.717, 1.165) is 23.5 Å². The second-order valence-corrected chi connectivity index (χ2v) is 9.14. The van der Waals surface area contributed by atoms with Gasteiger partial charge in [-0.15, -0.1) is 0 Å². The Morgan fingerprint density at radius 2 is 1.71 bits per heavy atom. The summed E-state index contributed by atoms with van der Waals surface area (Å²) in [5, 5.41) is 9.75. The van der Waals surface area contributed by atoms with Crippen LogP contribution in [-0.2, 0) is 0 Å². The molecule has 3 rings (SSSR count). The minimum Gasteiger partial charge on any atom is -0.478 e. The molecule has 0 aliphatic heterocycles. The van der Waals surface area contributed by atoms with Crippen LogP contribution in [0.15, 0.2) is 48.5 Å². The summed E-state index contributed by atoms with van der Waals surface area (Å²) < 4.78 is 0. The summed E-state index contributed by atoms with van der Waals surface area (Å²) in [6.45, 7) is 4.50. The third-order valence-electron chi connectivity index (χ3n) is 6.80. The lowest BCUT2D eigenvalue weighted by Crippen LogP contribution is -2.13. The molecule has 0 atom stereocenters. The number of aromatic carboxylic acids is 1. The van der Waals surface area contributed by atoms with Crippen molar-refractivity contribution in [1.29, 1.82) is 0 Å². The van der Waals surface area contributed by atoms with Gasteiger partial charge < -0.3 is 5.11 Å². The smallest absolute Gasteiger partial charge is 0.336 e. The Bertz CT molecular complexity index is 855. The van der Waals surface area contributed by atoms with Crippen LogP contribution in [0.1, 0.15) is 105 Å². The van der Waals surface area contributed by atoms with E-state index in [4.69, 9.17) is 0 Å². The molecule has 0 heterocycles. The Labute approximate surface area is 188 Å². The molecular formula is C29H38O2. The van der Waals surface area contributed by atoms with E-state index in [1.54, 1.807) is 0 Å². The average molecular weight is 419 g/mol. The number of hydrogen-bond acceptors (Lipinski definition) is 1. The highest BCUT2D eigenvalue weighted by Crippen LogP contribution is 2.39. The molecule has 0 amide bonds. The number of benzene rings is 2. The van der Waals surface area contributed by atoms with Crippen molar-refractivity contribution < 1.29 is 9.90 Å². The molecule has 1 saturated carbocycles. The second-order valence-electron chi connectivity index (χ2n) is 9.14. The lowest BCUT2D eigenvalue weighted by Gasteiger charge is -2.29. The fourth-order valence-electron chi connectivity index (χ4n) is 4.94. The van der Waals surface area contributed by atoms with Gasteiger partial charge in [-0.3, -0.25) is 0 Å². The highest BCUT2D eigenvalue weighted by molar-refractivity contribution is 5.96. The summed E-state index contributed by atoms with van der Waals surface area (Å²) in [7, 11) is 0. The summed E-state index contributed by atoms with van der Waals surface area (Å²) in [5.74, 6) is 0.578. The molecular weight excluding hydrogens is 380 g/mol. The van der Waals surface area contributed by atoms with E-state index < -0.39 is 5.97 Å². The summed E-state index contributed by atoms with van der Waals surface area (Å²) in [4.78, 5) is 11.9. The number of hydrogen-bond donors (Lipinski definition) is 1. The zero-order valence-corrected chi connectivity index (χ0v) is 19.3. The van der Waals surface area contributed by atoms with Crippen LogP contribution in [0.5, 0.6) is 0 Å². The van der Waals surface area contributed by atoms with Gasteiger partial charge in [0.2, 0.25) is 0 Å². The molecule has 0 radical (unpaired) electrons. The predicted octanol–water partition coefficient (Wildman–Crippen LogP) is 8.72. The van der Waals surface area contributed by atoms with E-state index >= 15 is 0 Å². The van der Waals surface area contributed by atoms with Gasteiger partial charge in [0.1, 0.15) is 0 Å². The first-order chi connectivity index (χ1) is 15.1. The van der Waals surface area contributed by atoms with Crippen LogP contribution in [0, 0.1) is 5.92 Å². The van der Waals surface area contributed by atoms with Crippen LogP contribution in [0.3, 0.4) is 0 Å². The Morgan fingerprint density at radius 3 is 2.35 bits per heavy atom. The van der Waals surface area contributed by atoms with Gasteiger partial charge >= 0.3 is 5.97 Å². The maximum Gasteiger partial charge on any atom is 0.336 e. The fraction of sp³-hybridized carbons (Fsp3) is 0.483. The third-order valence-corrected chi connectivity index (χ3v) is 6.80. The third kappa shape index (κ3) is 6.56. The Morgan fingerprint density at radius 1 is 0.968 bits per heavy atom. The van der Waals surface area contributed by atoms with Gasteiger partial charge in [-0.2, -0.15) is 0 Å². The molecule has 0 saturated heterocycles. The standard InChI is InChI=1S/C29H38O2/c1-3-5-6-7-8-10-23-13-17-25(18-14-23)28-21-26(19-20-27(28)29(30)31)24-15-11-22(9-4-2)12-16-24/h8,10,13-14,17-22,24H,3-7,9,11-12,15-16H2,1-2H3,(H,30,31). The first-order valence-corrected chi connectivity index (χ1v) is 12.3. The molecule has 0 unspecified atom stereocenters. The van der Waals surface area contributed by atoms with E-state index in [-0.39, 0.29) is 0 Å². The largest absolute Gasteiger partial charge is 0.478 e. The van der Waals surface area contributed by atoms with Crippen molar-refractivity contribution in [3.63, 3.8) is 0 Å². The molecule has 2 aromatic rings. The van der Waals surface area contributed by atoms with Gasteiger partial charge in [0.15, 0.2) is 0 Å². The molecule has 1 fully saturated rings. The molecule has 0 bridgehead atoms. The van der Waals surface area contributed by atoms with Gasteiger partial charge in [0.05, 0.1) is 5.56 Å². The molecule has 0 aromatic heterocycles. The maximum absolute atomic E-state index is 11.9. The van der Waals surface area contributed by atoms with E-state index in [9.17, 15) is 9.90 Å². The lowest BCUT2D eigenvalue weighted by atomic mass is 9.76. The fourth-order valence-corrected chi connectivity index (χ4v) is 4.94. The van der Waals surface area contributed by atoms with Crippen molar-refractivity contribution in [2.24, 2.45) is 5.92 Å². The zero-order valence-electron chi connectivity index (χ0n) is 19.3. The van der Waals surface area contributed by atoms with Gasteiger partial charge in [0.25, 0.3) is 0 Å². The van der Waals surface area contributed by atoms with Gasteiger partial charge in [-0.05, 0) is 78.7 Å².